The summed E-state index contributed by atoms with van der Waals surface area (Å²) in [6.45, 7) is 1.53. The molecule has 0 fully saturated rings. The van der Waals surface area contributed by atoms with Crippen LogP contribution in [0.2, 0.25) is 0 Å². The standard InChI is InChI=1S/C11H11NO2S/c1-7(13)8-3-4-10-9(5-8)12(2)11(14)6-15-10/h3-5H,6H2,1-2H3. The number of amides is 1. The van der Waals surface area contributed by atoms with Gasteiger partial charge in [0.25, 0.3) is 0 Å². The highest BCUT2D eigenvalue weighted by Crippen LogP contribution is 2.35. The Balaban J connectivity index is 2.50. The van der Waals surface area contributed by atoms with Gasteiger partial charge in [0.05, 0.1) is 11.4 Å². The van der Waals surface area contributed by atoms with Gasteiger partial charge in [-0.05, 0) is 19.1 Å². The molecule has 4 heteroatoms. The molecular weight excluding hydrogens is 210 g/mol. The number of nitrogens with zero attached hydrogens (tertiary/aromatic N) is 1. The Morgan fingerprint density at radius 3 is 2.87 bits per heavy atom. The van der Waals surface area contributed by atoms with Gasteiger partial charge in [-0.2, -0.15) is 0 Å². The van der Waals surface area contributed by atoms with Crippen LogP contribution < -0.4 is 4.90 Å². The molecule has 1 heterocycles. The van der Waals surface area contributed by atoms with Crippen molar-refractivity contribution < 1.29 is 9.59 Å². The summed E-state index contributed by atoms with van der Waals surface area (Å²) < 4.78 is 0. The Bertz CT molecular complexity index is 442. The first-order chi connectivity index (χ1) is 7.09. The minimum atomic E-state index is 0.0224. The largest absolute Gasteiger partial charge is 0.314 e. The summed E-state index contributed by atoms with van der Waals surface area (Å²) >= 11 is 1.52. The fourth-order valence-corrected chi connectivity index (χ4v) is 2.47. The molecule has 0 bridgehead atoms. The van der Waals surface area contributed by atoms with Crippen LogP contribution in [0.25, 0.3) is 0 Å². The monoisotopic (exact) mass is 221 g/mol. The molecule has 0 saturated carbocycles. The normalized spacial score (nSPS) is 15.1. The summed E-state index contributed by atoms with van der Waals surface area (Å²) in [5.74, 6) is 0.575. The first-order valence-electron chi connectivity index (χ1n) is 4.64. The number of rotatable bonds is 1. The van der Waals surface area contributed by atoms with Crippen LogP contribution in [0.5, 0.6) is 0 Å². The van der Waals surface area contributed by atoms with Crippen LogP contribution in [0.3, 0.4) is 0 Å². The van der Waals surface area contributed by atoms with Gasteiger partial charge in [-0.15, -0.1) is 11.8 Å². The predicted molar refractivity (Wildman–Crippen MR) is 60.6 cm³/mol. The third-order valence-corrected chi connectivity index (χ3v) is 3.50. The van der Waals surface area contributed by atoms with Gasteiger partial charge < -0.3 is 4.90 Å². The fourth-order valence-electron chi connectivity index (χ4n) is 1.49. The number of hydrogen-bond acceptors (Lipinski definition) is 3. The van der Waals surface area contributed by atoms with Crippen LogP contribution in [0.15, 0.2) is 23.1 Å². The highest BCUT2D eigenvalue weighted by Gasteiger charge is 2.21. The summed E-state index contributed by atoms with van der Waals surface area (Å²) in [5.41, 5.74) is 1.49. The molecule has 15 heavy (non-hydrogen) atoms. The van der Waals surface area contributed by atoms with Crippen molar-refractivity contribution >= 4 is 29.1 Å². The molecule has 1 aliphatic rings. The van der Waals surface area contributed by atoms with E-state index in [1.165, 1.54) is 18.7 Å². The topological polar surface area (TPSA) is 37.4 Å². The maximum atomic E-state index is 11.5. The quantitative estimate of drug-likeness (QED) is 0.680. The van der Waals surface area contributed by atoms with Gasteiger partial charge in [0.15, 0.2) is 5.78 Å². The number of carbonyl (C=O) groups is 2. The third kappa shape index (κ3) is 1.77. The lowest BCUT2D eigenvalue weighted by molar-refractivity contribution is -0.116. The molecular formula is C11H11NO2S. The Labute approximate surface area is 92.5 Å². The summed E-state index contributed by atoms with van der Waals surface area (Å²) in [6.07, 6.45) is 0. The molecule has 0 saturated heterocycles. The van der Waals surface area contributed by atoms with Crippen molar-refractivity contribution in [2.24, 2.45) is 0 Å². The van der Waals surface area contributed by atoms with E-state index in [0.29, 0.717) is 11.3 Å². The van der Waals surface area contributed by atoms with Crippen molar-refractivity contribution in [2.45, 2.75) is 11.8 Å². The van der Waals surface area contributed by atoms with Crippen molar-refractivity contribution in [1.29, 1.82) is 0 Å². The van der Waals surface area contributed by atoms with Gasteiger partial charge in [-0.1, -0.05) is 6.07 Å². The lowest BCUT2D eigenvalue weighted by Gasteiger charge is -2.25. The Morgan fingerprint density at radius 1 is 1.47 bits per heavy atom. The zero-order valence-corrected chi connectivity index (χ0v) is 9.43. The maximum Gasteiger partial charge on any atom is 0.237 e. The van der Waals surface area contributed by atoms with E-state index in [0.717, 1.165) is 10.6 Å². The summed E-state index contributed by atoms with van der Waals surface area (Å²) in [4.78, 5) is 25.3. The van der Waals surface area contributed by atoms with E-state index >= 15 is 0 Å². The van der Waals surface area contributed by atoms with E-state index in [4.69, 9.17) is 0 Å². The molecule has 1 aliphatic heterocycles. The maximum absolute atomic E-state index is 11.5. The number of Topliss-reactive ketones (excluding diaryl/α,β-unsaturated/α-hetero) is 1. The van der Waals surface area contributed by atoms with Crippen molar-refractivity contribution in [3.63, 3.8) is 0 Å². The summed E-state index contributed by atoms with van der Waals surface area (Å²) in [6, 6.07) is 5.49. The third-order valence-electron chi connectivity index (χ3n) is 2.45. The smallest absolute Gasteiger partial charge is 0.237 e. The number of ketones is 1. The molecule has 0 atom stereocenters. The molecule has 0 N–H and O–H groups in total. The molecule has 1 aromatic rings. The van der Waals surface area contributed by atoms with Gasteiger partial charge >= 0.3 is 0 Å². The van der Waals surface area contributed by atoms with Gasteiger partial charge in [-0.25, -0.2) is 0 Å². The predicted octanol–water partition coefficient (Wildman–Crippen LogP) is 1.96. The van der Waals surface area contributed by atoms with E-state index in [9.17, 15) is 9.59 Å². The Hall–Kier alpha value is -1.29. The zero-order valence-electron chi connectivity index (χ0n) is 8.61. The van der Waals surface area contributed by atoms with Crippen molar-refractivity contribution in [2.75, 3.05) is 17.7 Å². The number of thioether (sulfide) groups is 1. The molecule has 3 nitrogen and oxygen atoms in total. The zero-order chi connectivity index (χ0) is 11.0. The Morgan fingerprint density at radius 2 is 2.20 bits per heavy atom. The highest BCUT2D eigenvalue weighted by atomic mass is 32.2. The molecule has 78 valence electrons. The minimum Gasteiger partial charge on any atom is -0.314 e. The van der Waals surface area contributed by atoms with Crippen LogP contribution in [-0.2, 0) is 4.79 Å². The number of fused-ring (bicyclic) bond motifs is 1. The van der Waals surface area contributed by atoms with E-state index in [1.54, 1.807) is 24.1 Å². The molecule has 1 aromatic carbocycles. The van der Waals surface area contributed by atoms with E-state index < -0.39 is 0 Å². The van der Waals surface area contributed by atoms with Crippen molar-refractivity contribution in [3.8, 4) is 0 Å². The molecule has 0 unspecified atom stereocenters. The molecule has 0 aromatic heterocycles. The Kier molecular flexibility index (Phi) is 2.52. The van der Waals surface area contributed by atoms with Crippen LogP contribution in [0.1, 0.15) is 17.3 Å². The average molecular weight is 221 g/mol. The van der Waals surface area contributed by atoms with E-state index in [1.807, 2.05) is 6.07 Å². The second kappa shape index (κ2) is 3.70. The second-order valence-corrected chi connectivity index (χ2v) is 4.50. The minimum absolute atomic E-state index is 0.0224. The molecule has 2 rings (SSSR count). The first kappa shape index (κ1) is 10.2. The van der Waals surface area contributed by atoms with Gasteiger partial charge in [0.1, 0.15) is 0 Å². The fraction of sp³-hybridized carbons (Fsp3) is 0.273. The first-order valence-corrected chi connectivity index (χ1v) is 5.62. The van der Waals surface area contributed by atoms with Crippen LogP contribution in [0.4, 0.5) is 5.69 Å². The second-order valence-electron chi connectivity index (χ2n) is 3.48. The van der Waals surface area contributed by atoms with E-state index in [2.05, 4.69) is 0 Å². The van der Waals surface area contributed by atoms with Gasteiger partial charge in [0, 0.05) is 17.5 Å². The van der Waals surface area contributed by atoms with Crippen LogP contribution in [-0.4, -0.2) is 24.5 Å². The molecule has 1 amide bonds. The summed E-state index contributed by atoms with van der Waals surface area (Å²) in [7, 11) is 1.74. The van der Waals surface area contributed by atoms with Gasteiger partial charge in [-0.3, -0.25) is 9.59 Å². The highest BCUT2D eigenvalue weighted by molar-refractivity contribution is 8.00. The van der Waals surface area contributed by atoms with Crippen molar-refractivity contribution in [1.82, 2.24) is 0 Å². The number of carbonyl (C=O) groups excluding carboxylic acids is 2. The van der Waals surface area contributed by atoms with E-state index in [-0.39, 0.29) is 11.7 Å². The van der Waals surface area contributed by atoms with Crippen LogP contribution in [0, 0.1) is 0 Å². The summed E-state index contributed by atoms with van der Waals surface area (Å²) in [5, 5.41) is 0. The van der Waals surface area contributed by atoms with Gasteiger partial charge in [0.2, 0.25) is 5.91 Å². The average Bonchev–Trinajstić information content (AvgIpc) is 2.23. The number of hydrogen-bond donors (Lipinski definition) is 0. The molecule has 0 aliphatic carbocycles. The lowest BCUT2D eigenvalue weighted by atomic mass is 10.1. The molecule has 0 radical (unpaired) electrons. The SMILES string of the molecule is CC(=O)c1ccc2c(c1)N(C)C(=O)CS2. The lowest BCUT2D eigenvalue weighted by Crippen LogP contribution is -2.31. The number of benzene rings is 1. The van der Waals surface area contributed by atoms with Crippen molar-refractivity contribution in [3.05, 3.63) is 23.8 Å². The molecule has 0 spiro atoms. The number of anilines is 1. The van der Waals surface area contributed by atoms with Crippen LogP contribution >= 0.6 is 11.8 Å².